The smallest absolute Gasteiger partial charge is 0.0390 e. The van der Waals surface area contributed by atoms with Crippen molar-refractivity contribution in [3.63, 3.8) is 0 Å². The second kappa shape index (κ2) is 4.40. The van der Waals surface area contributed by atoms with Gasteiger partial charge in [0.15, 0.2) is 0 Å². The van der Waals surface area contributed by atoms with Gasteiger partial charge in [0, 0.05) is 20.3 Å². The summed E-state index contributed by atoms with van der Waals surface area (Å²) in [5, 5.41) is 0. The van der Waals surface area contributed by atoms with Crippen LogP contribution in [0.5, 0.6) is 0 Å². The molecule has 0 radical (unpaired) electrons. The minimum absolute atomic E-state index is 0.227. The quantitative estimate of drug-likeness (QED) is 0.868. The molecule has 0 aliphatic heterocycles. The average Bonchev–Trinajstić information content (AvgIpc) is 2.33. The monoisotopic (exact) mass is 247 g/mol. The topological polar surface area (TPSA) is 26.0 Å². The van der Waals surface area contributed by atoms with Gasteiger partial charge in [0.05, 0.1) is 0 Å². The van der Waals surface area contributed by atoms with Gasteiger partial charge in [-0.1, -0.05) is 13.3 Å². The van der Waals surface area contributed by atoms with E-state index in [0.29, 0.717) is 0 Å². The fraction of sp³-hybridized carbons (Fsp3) is 0.556. The van der Waals surface area contributed by atoms with E-state index in [2.05, 4.69) is 35.8 Å². The van der Waals surface area contributed by atoms with Gasteiger partial charge in [-0.2, -0.15) is 0 Å². The number of hydrogen-bond donors (Lipinski definition) is 1. The molecule has 0 aliphatic carbocycles. The van der Waals surface area contributed by atoms with E-state index in [-0.39, 0.29) is 6.04 Å². The summed E-state index contributed by atoms with van der Waals surface area (Å²) >= 11 is 5.28. The Morgan fingerprint density at radius 1 is 1.67 bits per heavy atom. The highest BCUT2D eigenvalue weighted by Crippen LogP contribution is 2.31. The van der Waals surface area contributed by atoms with Crippen molar-refractivity contribution in [1.82, 2.24) is 0 Å². The van der Waals surface area contributed by atoms with Gasteiger partial charge < -0.3 is 5.73 Å². The maximum absolute atomic E-state index is 5.98. The Bertz CT molecular complexity index is 238. The normalized spacial score (nSPS) is 13.3. The van der Waals surface area contributed by atoms with Crippen LogP contribution >= 0.6 is 27.3 Å². The summed E-state index contributed by atoms with van der Waals surface area (Å²) in [6, 6.07) is 2.37. The van der Waals surface area contributed by atoms with Crippen LogP contribution in [0.25, 0.3) is 0 Å². The van der Waals surface area contributed by atoms with Gasteiger partial charge in [-0.05, 0) is 35.3 Å². The van der Waals surface area contributed by atoms with E-state index < -0.39 is 0 Å². The SMILES string of the molecule is CCCC(N)c1cc(Br)c(C)s1. The molecular formula is C9H14BrNS. The first-order valence-electron chi connectivity index (χ1n) is 4.16. The van der Waals surface area contributed by atoms with Crippen molar-refractivity contribution >= 4 is 27.3 Å². The van der Waals surface area contributed by atoms with E-state index in [1.54, 1.807) is 11.3 Å². The molecule has 1 heterocycles. The molecule has 1 aromatic heterocycles. The first-order chi connectivity index (χ1) is 5.65. The molecule has 3 heteroatoms. The second-order valence-electron chi connectivity index (χ2n) is 2.95. The fourth-order valence-electron chi connectivity index (χ4n) is 1.12. The number of thiophene rings is 1. The van der Waals surface area contributed by atoms with Crippen LogP contribution in [0.4, 0.5) is 0 Å². The Morgan fingerprint density at radius 3 is 2.75 bits per heavy atom. The minimum atomic E-state index is 0.227. The van der Waals surface area contributed by atoms with Gasteiger partial charge in [-0.3, -0.25) is 0 Å². The van der Waals surface area contributed by atoms with Crippen LogP contribution in [0.15, 0.2) is 10.5 Å². The lowest BCUT2D eigenvalue weighted by Gasteiger charge is -2.05. The molecule has 0 saturated heterocycles. The van der Waals surface area contributed by atoms with E-state index in [4.69, 9.17) is 5.73 Å². The highest BCUT2D eigenvalue weighted by atomic mass is 79.9. The van der Waals surface area contributed by atoms with Crippen molar-refractivity contribution < 1.29 is 0 Å². The van der Waals surface area contributed by atoms with Gasteiger partial charge >= 0.3 is 0 Å². The van der Waals surface area contributed by atoms with Crippen LogP contribution in [0.3, 0.4) is 0 Å². The van der Waals surface area contributed by atoms with Crippen LogP contribution in [-0.2, 0) is 0 Å². The molecule has 12 heavy (non-hydrogen) atoms. The standard InChI is InChI=1S/C9H14BrNS/c1-3-4-8(11)9-5-7(10)6(2)12-9/h5,8H,3-4,11H2,1-2H3. The van der Waals surface area contributed by atoms with E-state index in [0.717, 1.165) is 12.8 Å². The summed E-state index contributed by atoms with van der Waals surface area (Å²) < 4.78 is 1.19. The Hall–Kier alpha value is 0.140. The van der Waals surface area contributed by atoms with Crippen LogP contribution in [0.2, 0.25) is 0 Å². The Labute approximate surface area is 86.1 Å². The third kappa shape index (κ3) is 2.31. The van der Waals surface area contributed by atoms with E-state index in [1.165, 1.54) is 14.2 Å². The van der Waals surface area contributed by atoms with Gasteiger partial charge in [0.2, 0.25) is 0 Å². The summed E-state index contributed by atoms with van der Waals surface area (Å²) in [6.07, 6.45) is 2.22. The predicted molar refractivity (Wildman–Crippen MR) is 58.6 cm³/mol. The Morgan fingerprint density at radius 2 is 2.33 bits per heavy atom. The van der Waals surface area contributed by atoms with E-state index in [9.17, 15) is 0 Å². The summed E-state index contributed by atoms with van der Waals surface area (Å²) in [7, 11) is 0. The van der Waals surface area contributed by atoms with E-state index >= 15 is 0 Å². The second-order valence-corrected chi connectivity index (χ2v) is 5.09. The van der Waals surface area contributed by atoms with Crippen LogP contribution < -0.4 is 5.73 Å². The lowest BCUT2D eigenvalue weighted by molar-refractivity contribution is 0.648. The number of nitrogens with two attached hydrogens (primary N) is 1. The third-order valence-corrected chi connectivity index (χ3v) is 4.11. The molecule has 1 nitrogen and oxygen atoms in total. The lowest BCUT2D eigenvalue weighted by Crippen LogP contribution is -2.07. The van der Waals surface area contributed by atoms with Crippen molar-refractivity contribution in [2.75, 3.05) is 0 Å². The molecular weight excluding hydrogens is 234 g/mol. The molecule has 0 aromatic carbocycles. The summed E-state index contributed by atoms with van der Waals surface area (Å²) in [6.45, 7) is 4.27. The van der Waals surface area contributed by atoms with Gasteiger partial charge in [-0.15, -0.1) is 11.3 Å². The molecule has 1 aromatic rings. The predicted octanol–water partition coefficient (Wildman–Crippen LogP) is 3.62. The van der Waals surface area contributed by atoms with Crippen molar-refractivity contribution in [1.29, 1.82) is 0 Å². The molecule has 1 rings (SSSR count). The number of hydrogen-bond acceptors (Lipinski definition) is 2. The minimum Gasteiger partial charge on any atom is -0.323 e. The third-order valence-electron chi connectivity index (χ3n) is 1.84. The van der Waals surface area contributed by atoms with Gasteiger partial charge in [0.1, 0.15) is 0 Å². The lowest BCUT2D eigenvalue weighted by atomic mass is 10.1. The maximum atomic E-state index is 5.98. The highest BCUT2D eigenvalue weighted by Gasteiger charge is 2.09. The molecule has 1 atom stereocenters. The fourth-order valence-corrected chi connectivity index (χ4v) is 2.71. The van der Waals surface area contributed by atoms with Crippen molar-refractivity contribution in [3.05, 3.63) is 20.3 Å². The van der Waals surface area contributed by atoms with E-state index in [1.807, 2.05) is 0 Å². The van der Waals surface area contributed by atoms with Gasteiger partial charge in [-0.25, -0.2) is 0 Å². The van der Waals surface area contributed by atoms with Crippen LogP contribution in [-0.4, -0.2) is 0 Å². The largest absolute Gasteiger partial charge is 0.323 e. The zero-order valence-electron chi connectivity index (χ0n) is 7.43. The first-order valence-corrected chi connectivity index (χ1v) is 5.77. The molecule has 0 saturated carbocycles. The number of rotatable bonds is 3. The zero-order chi connectivity index (χ0) is 9.14. The maximum Gasteiger partial charge on any atom is 0.0390 e. The van der Waals surface area contributed by atoms with Crippen molar-refractivity contribution in [3.8, 4) is 0 Å². The zero-order valence-corrected chi connectivity index (χ0v) is 9.83. The molecule has 68 valence electrons. The molecule has 0 fully saturated rings. The molecule has 1 unspecified atom stereocenters. The summed E-state index contributed by atoms with van der Waals surface area (Å²) in [5.74, 6) is 0. The summed E-state index contributed by atoms with van der Waals surface area (Å²) in [5.41, 5.74) is 5.98. The molecule has 2 N–H and O–H groups in total. The van der Waals surface area contributed by atoms with Gasteiger partial charge in [0.25, 0.3) is 0 Å². The Balaban J connectivity index is 2.74. The van der Waals surface area contributed by atoms with Crippen LogP contribution in [0, 0.1) is 6.92 Å². The Kier molecular flexibility index (Phi) is 3.75. The molecule has 0 spiro atoms. The average molecular weight is 248 g/mol. The summed E-state index contributed by atoms with van der Waals surface area (Å²) in [4.78, 5) is 2.61. The number of aryl methyl sites for hydroxylation is 1. The van der Waals surface area contributed by atoms with Crippen LogP contribution in [0.1, 0.15) is 35.6 Å². The molecule has 0 aliphatic rings. The van der Waals surface area contributed by atoms with Crippen molar-refractivity contribution in [2.45, 2.75) is 32.7 Å². The first kappa shape index (κ1) is 10.2. The highest BCUT2D eigenvalue weighted by molar-refractivity contribution is 9.10. The molecule has 0 amide bonds. The number of halogens is 1. The van der Waals surface area contributed by atoms with Crippen molar-refractivity contribution in [2.24, 2.45) is 5.73 Å². The molecule has 0 bridgehead atoms.